The average molecular weight is 545 g/mol. The fourth-order valence-corrected chi connectivity index (χ4v) is 5.33. The minimum atomic E-state index is -4.50. The third-order valence-electron chi connectivity index (χ3n) is 6.13. The molecule has 1 heterocycles. The number of hydrogen-bond acceptors (Lipinski definition) is 2. The number of nitrogens with one attached hydrogen (secondary N) is 1. The number of carbonyl (C=O) groups is 1. The third kappa shape index (κ3) is 6.33. The molecule has 0 saturated heterocycles. The van der Waals surface area contributed by atoms with E-state index in [1.54, 1.807) is 23.9 Å². The van der Waals surface area contributed by atoms with E-state index in [4.69, 9.17) is 11.6 Å². The first kappa shape index (κ1) is 27.1. The molecule has 0 aliphatic carbocycles. The van der Waals surface area contributed by atoms with Crippen LogP contribution >= 0.6 is 23.4 Å². The minimum Gasteiger partial charge on any atom is -0.348 e. The Bertz CT molecular complexity index is 1410. The number of halogens is 4. The van der Waals surface area contributed by atoms with Gasteiger partial charge in [0, 0.05) is 51.1 Å². The molecule has 37 heavy (non-hydrogen) atoms. The summed E-state index contributed by atoms with van der Waals surface area (Å²) in [5.41, 5.74) is 2.53. The summed E-state index contributed by atoms with van der Waals surface area (Å²) >= 11 is 7.62. The second-order valence-corrected chi connectivity index (χ2v) is 10.9. The molecule has 1 aromatic heterocycles. The Balaban J connectivity index is 1.59. The molecule has 0 saturated carbocycles. The van der Waals surface area contributed by atoms with Crippen molar-refractivity contribution in [1.82, 2.24) is 9.88 Å². The number of fused-ring (bicyclic) bond motifs is 1. The Hall–Kier alpha value is -2.90. The molecule has 0 unspecified atom stereocenters. The lowest BCUT2D eigenvalue weighted by Crippen LogP contribution is -2.22. The van der Waals surface area contributed by atoms with E-state index in [0.29, 0.717) is 12.1 Å². The smallest absolute Gasteiger partial charge is 0.348 e. The van der Waals surface area contributed by atoms with Crippen molar-refractivity contribution in [1.29, 1.82) is 0 Å². The lowest BCUT2D eigenvalue weighted by atomic mass is 10.0. The lowest BCUT2D eigenvalue weighted by Gasteiger charge is -2.17. The van der Waals surface area contributed by atoms with Crippen molar-refractivity contribution in [2.45, 2.75) is 50.9 Å². The fraction of sp³-hybridized carbons (Fsp3) is 0.276. The number of aromatic nitrogens is 1. The quantitative estimate of drug-likeness (QED) is 0.225. The number of hydrogen-bond donors (Lipinski definition) is 1. The Morgan fingerprint density at radius 3 is 2.41 bits per heavy atom. The maximum Gasteiger partial charge on any atom is 0.416 e. The minimum absolute atomic E-state index is 0.0163. The van der Waals surface area contributed by atoms with E-state index < -0.39 is 11.7 Å². The predicted octanol–water partition coefficient (Wildman–Crippen LogP) is 8.53. The molecule has 1 amide bonds. The van der Waals surface area contributed by atoms with Gasteiger partial charge < -0.3 is 9.88 Å². The van der Waals surface area contributed by atoms with Crippen LogP contribution in [0, 0.1) is 0 Å². The zero-order chi connectivity index (χ0) is 26.7. The highest BCUT2D eigenvalue weighted by Gasteiger charge is 2.33. The molecular weight excluding hydrogens is 517 g/mol. The van der Waals surface area contributed by atoms with Gasteiger partial charge >= 0.3 is 6.18 Å². The van der Waals surface area contributed by atoms with E-state index in [2.05, 4.69) is 12.2 Å². The zero-order valence-electron chi connectivity index (χ0n) is 20.8. The summed E-state index contributed by atoms with van der Waals surface area (Å²) in [7, 11) is 0. The largest absolute Gasteiger partial charge is 0.416 e. The molecule has 3 nitrogen and oxygen atoms in total. The van der Waals surface area contributed by atoms with Gasteiger partial charge in [0.25, 0.3) is 5.91 Å². The molecule has 4 rings (SSSR count). The maximum absolute atomic E-state index is 13.7. The van der Waals surface area contributed by atoms with Crippen molar-refractivity contribution in [3.05, 3.63) is 99.7 Å². The standard InChI is InChI=1S/C29H28ClF3N2OS/c1-4-37-25-10-5-19(6-11-25)17-34-28(36)21-8-12-27-22(13-21)15-24(35(27)18(2)3)14-20-7-9-23(30)16-26(20)29(31,32)33/h5-13,15-16,18H,4,14,17H2,1-3H3,(H,34,36). The summed E-state index contributed by atoms with van der Waals surface area (Å²) in [6, 6.07) is 19.3. The summed E-state index contributed by atoms with van der Waals surface area (Å²) in [4.78, 5) is 14.1. The summed E-state index contributed by atoms with van der Waals surface area (Å²) in [5.74, 6) is 0.798. The zero-order valence-corrected chi connectivity index (χ0v) is 22.4. The molecule has 0 aliphatic heterocycles. The van der Waals surface area contributed by atoms with Crippen LogP contribution in [-0.4, -0.2) is 16.2 Å². The highest BCUT2D eigenvalue weighted by Crippen LogP contribution is 2.36. The second kappa shape index (κ2) is 11.2. The molecule has 0 fully saturated rings. The van der Waals surface area contributed by atoms with Gasteiger partial charge in [-0.05, 0) is 79.3 Å². The molecule has 3 aromatic carbocycles. The van der Waals surface area contributed by atoms with Crippen molar-refractivity contribution in [3.63, 3.8) is 0 Å². The molecular formula is C29H28ClF3N2OS. The van der Waals surface area contributed by atoms with Crippen LogP contribution in [0.2, 0.25) is 5.02 Å². The van der Waals surface area contributed by atoms with Crippen molar-refractivity contribution in [3.8, 4) is 0 Å². The van der Waals surface area contributed by atoms with Crippen LogP contribution in [0.25, 0.3) is 10.9 Å². The van der Waals surface area contributed by atoms with Crippen LogP contribution < -0.4 is 5.32 Å². The third-order valence-corrected chi connectivity index (χ3v) is 7.26. The number of amides is 1. The second-order valence-electron chi connectivity index (χ2n) is 9.11. The van der Waals surface area contributed by atoms with Crippen molar-refractivity contribution < 1.29 is 18.0 Å². The number of nitrogens with zero attached hydrogens (tertiary/aromatic N) is 1. The first-order valence-corrected chi connectivity index (χ1v) is 13.4. The van der Waals surface area contributed by atoms with Crippen molar-refractivity contribution in [2.24, 2.45) is 0 Å². The monoisotopic (exact) mass is 544 g/mol. The van der Waals surface area contributed by atoms with E-state index in [0.717, 1.165) is 34.0 Å². The van der Waals surface area contributed by atoms with E-state index in [9.17, 15) is 18.0 Å². The number of thioether (sulfide) groups is 1. The predicted molar refractivity (Wildman–Crippen MR) is 146 cm³/mol. The van der Waals surface area contributed by atoms with Crippen LogP contribution in [0.3, 0.4) is 0 Å². The van der Waals surface area contributed by atoms with E-state index in [1.807, 2.05) is 54.8 Å². The first-order valence-electron chi connectivity index (χ1n) is 12.1. The van der Waals surface area contributed by atoms with E-state index >= 15 is 0 Å². The topological polar surface area (TPSA) is 34.0 Å². The fourth-order valence-electron chi connectivity index (χ4n) is 4.50. The number of alkyl halides is 3. The highest BCUT2D eigenvalue weighted by molar-refractivity contribution is 7.99. The molecule has 0 spiro atoms. The van der Waals surface area contributed by atoms with Gasteiger partial charge in [-0.25, -0.2) is 0 Å². The van der Waals surface area contributed by atoms with Crippen LogP contribution in [0.5, 0.6) is 0 Å². The molecule has 0 atom stereocenters. The molecule has 0 radical (unpaired) electrons. The molecule has 0 bridgehead atoms. The molecule has 194 valence electrons. The van der Waals surface area contributed by atoms with Gasteiger partial charge in [0.1, 0.15) is 0 Å². The van der Waals surface area contributed by atoms with Gasteiger partial charge in [0.2, 0.25) is 0 Å². The van der Waals surface area contributed by atoms with Crippen LogP contribution in [0.15, 0.2) is 71.6 Å². The molecule has 1 N–H and O–H groups in total. The summed E-state index contributed by atoms with van der Waals surface area (Å²) in [6.45, 7) is 6.48. The van der Waals surface area contributed by atoms with E-state index in [-0.39, 0.29) is 29.0 Å². The van der Waals surface area contributed by atoms with Gasteiger partial charge in [-0.2, -0.15) is 13.2 Å². The van der Waals surface area contributed by atoms with Gasteiger partial charge in [-0.1, -0.05) is 36.7 Å². The summed E-state index contributed by atoms with van der Waals surface area (Å²) in [5, 5.41) is 3.81. The SMILES string of the molecule is CCSc1ccc(CNC(=O)c2ccc3c(c2)cc(Cc2ccc(Cl)cc2C(F)(F)F)n3C(C)C)cc1. The van der Waals surface area contributed by atoms with Gasteiger partial charge in [-0.15, -0.1) is 11.8 Å². The molecule has 0 aliphatic rings. The van der Waals surface area contributed by atoms with Gasteiger partial charge in [0.15, 0.2) is 0 Å². The van der Waals surface area contributed by atoms with Crippen LogP contribution in [0.4, 0.5) is 13.2 Å². The van der Waals surface area contributed by atoms with Gasteiger partial charge in [0.05, 0.1) is 5.56 Å². The summed E-state index contributed by atoms with van der Waals surface area (Å²) < 4.78 is 43.0. The maximum atomic E-state index is 13.7. The lowest BCUT2D eigenvalue weighted by molar-refractivity contribution is -0.138. The van der Waals surface area contributed by atoms with Crippen LogP contribution in [-0.2, 0) is 19.1 Å². The Labute approximate surface area is 224 Å². The number of carbonyl (C=O) groups excluding carboxylic acids is 1. The number of rotatable bonds is 8. The molecule has 8 heteroatoms. The Morgan fingerprint density at radius 1 is 1.03 bits per heavy atom. The van der Waals surface area contributed by atoms with Crippen LogP contribution in [0.1, 0.15) is 59.6 Å². The Kier molecular flexibility index (Phi) is 8.24. The highest BCUT2D eigenvalue weighted by atomic mass is 35.5. The van der Waals surface area contributed by atoms with Gasteiger partial charge in [-0.3, -0.25) is 4.79 Å². The van der Waals surface area contributed by atoms with Crippen molar-refractivity contribution >= 4 is 40.2 Å². The molecule has 4 aromatic rings. The average Bonchev–Trinajstić information content (AvgIpc) is 3.21. The van der Waals surface area contributed by atoms with Crippen molar-refractivity contribution in [2.75, 3.05) is 5.75 Å². The first-order chi connectivity index (χ1) is 17.6. The number of benzene rings is 3. The normalized spacial score (nSPS) is 11.9. The summed E-state index contributed by atoms with van der Waals surface area (Å²) in [6.07, 6.45) is -4.41. The Morgan fingerprint density at radius 2 is 1.76 bits per heavy atom. The van der Waals surface area contributed by atoms with E-state index in [1.165, 1.54) is 17.0 Å².